The summed E-state index contributed by atoms with van der Waals surface area (Å²) in [5.74, 6) is 0. The minimum absolute atomic E-state index is 0.326. The lowest BCUT2D eigenvalue weighted by molar-refractivity contribution is 0.600. The molecule has 0 atom stereocenters. The lowest BCUT2D eigenvalue weighted by Crippen LogP contribution is -2.14. The van der Waals surface area contributed by atoms with E-state index < -0.39 is 10.0 Å². The van der Waals surface area contributed by atoms with E-state index >= 15 is 0 Å². The summed E-state index contributed by atoms with van der Waals surface area (Å²) in [6.45, 7) is 3.68. The van der Waals surface area contributed by atoms with Gasteiger partial charge < -0.3 is 0 Å². The molecule has 0 bridgehead atoms. The van der Waals surface area contributed by atoms with Crippen molar-refractivity contribution >= 4 is 27.5 Å². The van der Waals surface area contributed by atoms with Gasteiger partial charge in [0.2, 0.25) is 0 Å². The number of rotatable bonds is 4. The molecule has 0 saturated carbocycles. The van der Waals surface area contributed by atoms with Crippen LogP contribution in [-0.4, -0.2) is 14.7 Å². The molecule has 2 rings (SSSR count). The Balaban J connectivity index is 2.38. The molecule has 0 spiro atoms. The summed E-state index contributed by atoms with van der Waals surface area (Å²) in [6.07, 6.45) is 1.96. The zero-order valence-electron chi connectivity index (χ0n) is 11.7. The van der Waals surface area contributed by atoms with E-state index in [0.717, 1.165) is 16.0 Å². The van der Waals surface area contributed by atoms with Gasteiger partial charge in [-0.1, -0.05) is 18.2 Å². The van der Waals surface area contributed by atoms with Crippen LogP contribution in [0, 0.1) is 13.8 Å². The van der Waals surface area contributed by atoms with Crippen LogP contribution >= 0.6 is 11.8 Å². The highest BCUT2D eigenvalue weighted by molar-refractivity contribution is 7.98. The van der Waals surface area contributed by atoms with Crippen LogP contribution in [0.15, 0.2) is 52.3 Å². The molecule has 0 unspecified atom stereocenters. The second-order valence-electron chi connectivity index (χ2n) is 4.61. The minimum Gasteiger partial charge on any atom is -0.280 e. The Labute approximate surface area is 124 Å². The van der Waals surface area contributed by atoms with Crippen molar-refractivity contribution in [3.05, 3.63) is 53.6 Å². The molecule has 0 aliphatic heterocycles. The SMILES string of the molecule is CSc1cccc(NS(=O)(=O)c2cc(C)ccc2C)c1. The molecule has 0 aliphatic rings. The van der Waals surface area contributed by atoms with E-state index in [0.29, 0.717) is 10.6 Å². The van der Waals surface area contributed by atoms with Gasteiger partial charge in [0.25, 0.3) is 10.0 Å². The highest BCUT2D eigenvalue weighted by Crippen LogP contribution is 2.23. The molecule has 0 fully saturated rings. The lowest BCUT2D eigenvalue weighted by Gasteiger charge is -2.11. The number of nitrogens with one attached hydrogen (secondary N) is 1. The molecule has 0 aromatic heterocycles. The number of sulfonamides is 1. The maximum atomic E-state index is 12.5. The molecular formula is C15H17NO2S2. The summed E-state index contributed by atoms with van der Waals surface area (Å²) in [5, 5.41) is 0. The third-order valence-corrected chi connectivity index (χ3v) is 5.20. The normalized spacial score (nSPS) is 11.3. The standard InChI is InChI=1S/C15H17NO2S2/c1-11-7-8-12(2)15(9-11)20(17,18)16-13-5-4-6-14(10-13)19-3/h4-10,16H,1-3H3. The molecule has 0 heterocycles. The van der Waals surface area contributed by atoms with Gasteiger partial charge in [-0.25, -0.2) is 8.42 Å². The molecule has 0 aliphatic carbocycles. The van der Waals surface area contributed by atoms with Crippen molar-refractivity contribution in [3.8, 4) is 0 Å². The molecule has 2 aromatic rings. The summed E-state index contributed by atoms with van der Waals surface area (Å²) in [7, 11) is -3.55. The second-order valence-corrected chi connectivity index (χ2v) is 7.14. The Morgan fingerprint density at radius 3 is 2.50 bits per heavy atom. The van der Waals surface area contributed by atoms with Crippen molar-refractivity contribution < 1.29 is 8.42 Å². The first-order chi connectivity index (χ1) is 9.42. The maximum Gasteiger partial charge on any atom is 0.262 e. The van der Waals surface area contributed by atoms with Crippen LogP contribution in [0.5, 0.6) is 0 Å². The highest BCUT2D eigenvalue weighted by atomic mass is 32.2. The Bertz CT molecular complexity index is 724. The summed E-state index contributed by atoms with van der Waals surface area (Å²) < 4.78 is 27.5. The van der Waals surface area contributed by atoms with Crippen molar-refractivity contribution in [2.45, 2.75) is 23.6 Å². The van der Waals surface area contributed by atoms with Gasteiger partial charge in [0.15, 0.2) is 0 Å². The topological polar surface area (TPSA) is 46.2 Å². The molecule has 0 amide bonds. The molecule has 5 heteroatoms. The van der Waals surface area contributed by atoms with Crippen LogP contribution in [0.2, 0.25) is 0 Å². The van der Waals surface area contributed by atoms with Crippen molar-refractivity contribution in [3.63, 3.8) is 0 Å². The summed E-state index contributed by atoms with van der Waals surface area (Å²) in [4.78, 5) is 1.35. The van der Waals surface area contributed by atoms with Crippen LogP contribution in [0.25, 0.3) is 0 Å². The van der Waals surface area contributed by atoms with Crippen molar-refractivity contribution in [1.29, 1.82) is 0 Å². The molecule has 0 radical (unpaired) electrons. The molecule has 0 saturated heterocycles. The van der Waals surface area contributed by atoms with Gasteiger partial charge in [-0.2, -0.15) is 0 Å². The van der Waals surface area contributed by atoms with E-state index in [4.69, 9.17) is 0 Å². The molecule has 106 valence electrons. The molecule has 20 heavy (non-hydrogen) atoms. The molecule has 3 nitrogen and oxygen atoms in total. The maximum absolute atomic E-state index is 12.5. The van der Waals surface area contributed by atoms with E-state index in [1.54, 1.807) is 30.8 Å². The van der Waals surface area contributed by atoms with Gasteiger partial charge in [-0.3, -0.25) is 4.72 Å². The van der Waals surface area contributed by atoms with E-state index in [-0.39, 0.29) is 0 Å². The van der Waals surface area contributed by atoms with E-state index in [2.05, 4.69) is 4.72 Å². The van der Waals surface area contributed by atoms with Gasteiger partial charge in [-0.15, -0.1) is 11.8 Å². The van der Waals surface area contributed by atoms with E-state index in [9.17, 15) is 8.42 Å². The number of benzene rings is 2. The number of hydrogen-bond acceptors (Lipinski definition) is 3. The fourth-order valence-corrected chi connectivity index (χ4v) is 3.73. The first-order valence-electron chi connectivity index (χ1n) is 6.16. The van der Waals surface area contributed by atoms with Crippen LogP contribution in [0.1, 0.15) is 11.1 Å². The number of anilines is 1. The van der Waals surface area contributed by atoms with Gasteiger partial charge >= 0.3 is 0 Å². The highest BCUT2D eigenvalue weighted by Gasteiger charge is 2.17. The third kappa shape index (κ3) is 3.35. The largest absolute Gasteiger partial charge is 0.280 e. The summed E-state index contributed by atoms with van der Waals surface area (Å²) in [6, 6.07) is 12.8. The Kier molecular flexibility index (Phi) is 4.40. The first-order valence-corrected chi connectivity index (χ1v) is 8.87. The number of aryl methyl sites for hydroxylation is 2. The molecular weight excluding hydrogens is 290 g/mol. The third-order valence-electron chi connectivity index (χ3n) is 2.96. The van der Waals surface area contributed by atoms with Crippen LogP contribution in [0.3, 0.4) is 0 Å². The second kappa shape index (κ2) is 5.89. The summed E-state index contributed by atoms with van der Waals surface area (Å²) >= 11 is 1.58. The smallest absolute Gasteiger partial charge is 0.262 e. The van der Waals surface area contributed by atoms with Crippen LogP contribution < -0.4 is 4.72 Å². The van der Waals surface area contributed by atoms with Crippen molar-refractivity contribution in [2.75, 3.05) is 11.0 Å². The zero-order valence-corrected chi connectivity index (χ0v) is 13.3. The Morgan fingerprint density at radius 2 is 1.80 bits per heavy atom. The predicted molar refractivity (Wildman–Crippen MR) is 84.9 cm³/mol. The Morgan fingerprint density at radius 1 is 1.05 bits per heavy atom. The first kappa shape index (κ1) is 14.9. The van der Waals surface area contributed by atoms with Crippen LogP contribution in [-0.2, 0) is 10.0 Å². The molecule has 2 aromatic carbocycles. The quantitative estimate of drug-likeness (QED) is 0.873. The Hall–Kier alpha value is -1.46. The fourth-order valence-electron chi connectivity index (χ4n) is 1.89. The van der Waals surface area contributed by atoms with Gasteiger partial charge in [0.1, 0.15) is 0 Å². The van der Waals surface area contributed by atoms with E-state index in [1.165, 1.54) is 0 Å². The fraction of sp³-hybridized carbons (Fsp3) is 0.200. The zero-order chi connectivity index (χ0) is 14.8. The van der Waals surface area contributed by atoms with Gasteiger partial charge in [-0.05, 0) is 55.5 Å². The van der Waals surface area contributed by atoms with Crippen LogP contribution in [0.4, 0.5) is 5.69 Å². The predicted octanol–water partition coefficient (Wildman–Crippen LogP) is 3.83. The van der Waals surface area contributed by atoms with E-state index in [1.807, 2.05) is 43.5 Å². The number of thioether (sulfide) groups is 1. The monoisotopic (exact) mass is 307 g/mol. The van der Waals surface area contributed by atoms with Crippen molar-refractivity contribution in [1.82, 2.24) is 0 Å². The van der Waals surface area contributed by atoms with Crippen molar-refractivity contribution in [2.24, 2.45) is 0 Å². The lowest BCUT2D eigenvalue weighted by atomic mass is 10.2. The molecule has 1 N–H and O–H groups in total. The average Bonchev–Trinajstić information content (AvgIpc) is 2.41. The van der Waals surface area contributed by atoms with Gasteiger partial charge in [0, 0.05) is 10.6 Å². The van der Waals surface area contributed by atoms with Gasteiger partial charge in [0.05, 0.1) is 4.90 Å². The summed E-state index contributed by atoms with van der Waals surface area (Å²) in [5.41, 5.74) is 2.25. The number of hydrogen-bond donors (Lipinski definition) is 1. The minimum atomic E-state index is -3.55. The average molecular weight is 307 g/mol.